The fourth-order valence-corrected chi connectivity index (χ4v) is 2.66. The second-order valence-corrected chi connectivity index (χ2v) is 5.27. The molecule has 0 amide bonds. The summed E-state index contributed by atoms with van der Waals surface area (Å²) in [5.74, 6) is 1.47. The molecule has 0 aromatic carbocycles. The fourth-order valence-electron chi connectivity index (χ4n) is 2.66. The number of hydrogen-bond donors (Lipinski definition) is 0. The van der Waals surface area contributed by atoms with Crippen molar-refractivity contribution in [3.8, 4) is 0 Å². The lowest BCUT2D eigenvalue weighted by molar-refractivity contribution is -0.122. The molecule has 3 rings (SSSR count). The van der Waals surface area contributed by atoms with Crippen LogP contribution in [0.1, 0.15) is 43.0 Å². The molecule has 0 spiro atoms. The summed E-state index contributed by atoms with van der Waals surface area (Å²) in [6, 6.07) is 3.84. The number of carbonyl (C=O) groups excluding carboxylic acids is 1. The Hall–Kier alpha value is -2.04. The van der Waals surface area contributed by atoms with Crippen LogP contribution in [0.15, 0.2) is 29.0 Å². The molecule has 20 heavy (non-hydrogen) atoms. The number of pyridine rings is 1. The molecule has 0 atom stereocenters. The topological polar surface area (TPSA) is 68.9 Å². The summed E-state index contributed by atoms with van der Waals surface area (Å²) in [5.41, 5.74) is 1.03. The summed E-state index contributed by atoms with van der Waals surface area (Å²) in [6.45, 7) is 0. The lowest BCUT2D eigenvalue weighted by Crippen LogP contribution is -2.13. The lowest BCUT2D eigenvalue weighted by atomic mass is 10.0. The van der Waals surface area contributed by atoms with Gasteiger partial charge in [-0.1, -0.05) is 24.1 Å². The Morgan fingerprint density at radius 3 is 2.95 bits per heavy atom. The van der Waals surface area contributed by atoms with E-state index in [0.717, 1.165) is 31.2 Å². The van der Waals surface area contributed by atoms with E-state index in [1.807, 2.05) is 12.1 Å². The second-order valence-electron chi connectivity index (χ2n) is 5.27. The van der Waals surface area contributed by atoms with Gasteiger partial charge in [-0.3, -0.25) is 9.78 Å². The summed E-state index contributed by atoms with van der Waals surface area (Å²) in [6.07, 6.45) is 8.69. The molecule has 0 unspecified atom stereocenters. The van der Waals surface area contributed by atoms with Gasteiger partial charge in [0.05, 0.1) is 6.42 Å². The van der Waals surface area contributed by atoms with Gasteiger partial charge < -0.3 is 4.52 Å². The zero-order chi connectivity index (χ0) is 13.8. The van der Waals surface area contributed by atoms with E-state index in [4.69, 9.17) is 4.52 Å². The van der Waals surface area contributed by atoms with Crippen molar-refractivity contribution in [3.05, 3.63) is 41.8 Å². The molecule has 0 saturated heterocycles. The molecular weight excluding hydrogens is 254 g/mol. The standard InChI is InChI=1S/C15H17N3O2/c19-13(12-5-1-2-6-12)9-15-17-14(18-20-15)8-11-4-3-7-16-10-11/h3-4,7,10,12H,1-2,5-6,8-9H2. The maximum atomic E-state index is 12.0. The van der Waals surface area contributed by atoms with Crippen molar-refractivity contribution in [1.82, 2.24) is 15.1 Å². The third-order valence-corrected chi connectivity index (χ3v) is 3.73. The number of aromatic nitrogens is 3. The predicted molar refractivity (Wildman–Crippen MR) is 72.0 cm³/mol. The first kappa shape index (κ1) is 13.0. The van der Waals surface area contributed by atoms with Crippen molar-refractivity contribution >= 4 is 5.78 Å². The highest BCUT2D eigenvalue weighted by molar-refractivity contribution is 5.82. The molecule has 1 fully saturated rings. The molecule has 1 aliphatic rings. The minimum absolute atomic E-state index is 0.198. The Morgan fingerprint density at radius 1 is 1.35 bits per heavy atom. The van der Waals surface area contributed by atoms with Crippen molar-refractivity contribution in [3.63, 3.8) is 0 Å². The molecule has 0 radical (unpaired) electrons. The van der Waals surface area contributed by atoms with E-state index in [0.29, 0.717) is 18.1 Å². The Kier molecular flexibility index (Phi) is 3.85. The van der Waals surface area contributed by atoms with Gasteiger partial charge >= 0.3 is 0 Å². The number of Topliss-reactive ketones (excluding diaryl/α,β-unsaturated/α-hetero) is 1. The van der Waals surface area contributed by atoms with E-state index in [-0.39, 0.29) is 18.1 Å². The lowest BCUT2D eigenvalue weighted by Gasteiger charge is -2.04. The summed E-state index contributed by atoms with van der Waals surface area (Å²) < 4.78 is 5.16. The molecule has 2 aromatic rings. The molecule has 2 heterocycles. The second kappa shape index (κ2) is 5.94. The van der Waals surface area contributed by atoms with Crippen molar-refractivity contribution in [1.29, 1.82) is 0 Å². The molecular formula is C15H17N3O2. The summed E-state index contributed by atoms with van der Waals surface area (Å²) in [7, 11) is 0. The van der Waals surface area contributed by atoms with Gasteiger partial charge in [0.25, 0.3) is 0 Å². The van der Waals surface area contributed by atoms with Crippen molar-refractivity contribution in [2.24, 2.45) is 5.92 Å². The van der Waals surface area contributed by atoms with Crippen LogP contribution in [0.25, 0.3) is 0 Å². The quantitative estimate of drug-likeness (QED) is 0.835. The van der Waals surface area contributed by atoms with E-state index in [2.05, 4.69) is 15.1 Å². The van der Waals surface area contributed by atoms with E-state index >= 15 is 0 Å². The highest BCUT2D eigenvalue weighted by Gasteiger charge is 2.24. The Labute approximate surface area is 117 Å². The molecule has 2 aromatic heterocycles. The van der Waals surface area contributed by atoms with Gasteiger partial charge in [0, 0.05) is 24.7 Å². The molecule has 0 aliphatic heterocycles. The van der Waals surface area contributed by atoms with E-state index in [9.17, 15) is 4.79 Å². The molecule has 5 nitrogen and oxygen atoms in total. The van der Waals surface area contributed by atoms with Gasteiger partial charge in [0.15, 0.2) is 5.82 Å². The smallest absolute Gasteiger partial charge is 0.234 e. The third kappa shape index (κ3) is 3.10. The van der Waals surface area contributed by atoms with Crippen LogP contribution in [0, 0.1) is 5.92 Å². The van der Waals surface area contributed by atoms with Crippen LogP contribution in [0.4, 0.5) is 0 Å². The zero-order valence-corrected chi connectivity index (χ0v) is 11.3. The van der Waals surface area contributed by atoms with Gasteiger partial charge in [-0.15, -0.1) is 0 Å². The fraction of sp³-hybridized carbons (Fsp3) is 0.467. The predicted octanol–water partition coefficient (Wildman–Crippen LogP) is 2.36. The molecule has 1 saturated carbocycles. The van der Waals surface area contributed by atoms with Gasteiger partial charge in [-0.05, 0) is 24.5 Å². The van der Waals surface area contributed by atoms with Crippen LogP contribution >= 0.6 is 0 Å². The number of rotatable bonds is 5. The van der Waals surface area contributed by atoms with Crippen LogP contribution < -0.4 is 0 Å². The average molecular weight is 271 g/mol. The Morgan fingerprint density at radius 2 is 2.20 bits per heavy atom. The Bertz CT molecular complexity index is 574. The Balaban J connectivity index is 1.60. The van der Waals surface area contributed by atoms with Crippen LogP contribution in [-0.2, 0) is 17.6 Å². The van der Waals surface area contributed by atoms with Crippen LogP contribution in [0.2, 0.25) is 0 Å². The number of hydrogen-bond acceptors (Lipinski definition) is 5. The van der Waals surface area contributed by atoms with Gasteiger partial charge in [-0.25, -0.2) is 0 Å². The number of nitrogens with zero attached hydrogens (tertiary/aromatic N) is 3. The SMILES string of the molecule is O=C(Cc1nc(Cc2cccnc2)no1)C1CCCC1. The maximum absolute atomic E-state index is 12.0. The van der Waals surface area contributed by atoms with Crippen LogP contribution in [0.5, 0.6) is 0 Å². The minimum atomic E-state index is 0.198. The summed E-state index contributed by atoms with van der Waals surface area (Å²) in [4.78, 5) is 20.4. The van der Waals surface area contributed by atoms with Crippen molar-refractivity contribution < 1.29 is 9.32 Å². The molecule has 5 heteroatoms. The monoisotopic (exact) mass is 271 g/mol. The molecule has 104 valence electrons. The van der Waals surface area contributed by atoms with Gasteiger partial charge in [-0.2, -0.15) is 4.98 Å². The third-order valence-electron chi connectivity index (χ3n) is 3.73. The average Bonchev–Trinajstić information content (AvgIpc) is 3.11. The van der Waals surface area contributed by atoms with Crippen molar-refractivity contribution in [2.75, 3.05) is 0 Å². The molecule has 1 aliphatic carbocycles. The molecule has 0 bridgehead atoms. The number of carbonyl (C=O) groups is 1. The van der Waals surface area contributed by atoms with Gasteiger partial charge in [0.2, 0.25) is 5.89 Å². The first-order valence-corrected chi connectivity index (χ1v) is 7.04. The van der Waals surface area contributed by atoms with Crippen LogP contribution in [0.3, 0.4) is 0 Å². The molecule has 0 N–H and O–H groups in total. The summed E-state index contributed by atoms with van der Waals surface area (Å²) in [5, 5.41) is 3.93. The van der Waals surface area contributed by atoms with E-state index < -0.39 is 0 Å². The number of ketones is 1. The van der Waals surface area contributed by atoms with E-state index in [1.165, 1.54) is 0 Å². The maximum Gasteiger partial charge on any atom is 0.234 e. The highest BCUT2D eigenvalue weighted by Crippen LogP contribution is 2.26. The van der Waals surface area contributed by atoms with E-state index in [1.54, 1.807) is 12.4 Å². The highest BCUT2D eigenvalue weighted by atomic mass is 16.5. The minimum Gasteiger partial charge on any atom is -0.339 e. The van der Waals surface area contributed by atoms with Gasteiger partial charge in [0.1, 0.15) is 5.78 Å². The first-order valence-electron chi connectivity index (χ1n) is 7.04. The van der Waals surface area contributed by atoms with Crippen molar-refractivity contribution in [2.45, 2.75) is 38.5 Å². The largest absolute Gasteiger partial charge is 0.339 e. The summed E-state index contributed by atoms with van der Waals surface area (Å²) >= 11 is 0. The first-order chi connectivity index (χ1) is 9.81. The zero-order valence-electron chi connectivity index (χ0n) is 11.3. The van der Waals surface area contributed by atoms with Crippen LogP contribution in [-0.4, -0.2) is 20.9 Å². The normalized spacial score (nSPS) is 15.6.